The van der Waals surface area contributed by atoms with Gasteiger partial charge in [-0.2, -0.15) is 4.72 Å². The number of hydrogen-bond acceptors (Lipinski definition) is 5. The molecular weight excluding hydrogens is 440 g/mol. The minimum absolute atomic E-state index is 0.0111. The van der Waals surface area contributed by atoms with Gasteiger partial charge in [-0.1, -0.05) is 62.4 Å². The molecule has 1 saturated carbocycles. The molecule has 1 atom stereocenters. The van der Waals surface area contributed by atoms with Crippen molar-refractivity contribution in [2.24, 2.45) is 0 Å². The van der Waals surface area contributed by atoms with E-state index in [-0.39, 0.29) is 23.3 Å². The summed E-state index contributed by atoms with van der Waals surface area (Å²) in [4.78, 5) is 13.3. The summed E-state index contributed by atoms with van der Waals surface area (Å²) in [5.74, 6) is 0.437. The lowest BCUT2D eigenvalue weighted by Crippen LogP contribution is -2.50. The molecule has 2 aromatic rings. The zero-order chi connectivity index (χ0) is 23.7. The molecule has 0 unspecified atom stereocenters. The third-order valence-electron chi connectivity index (χ3n) is 6.01. The summed E-state index contributed by atoms with van der Waals surface area (Å²) in [5.41, 5.74) is 0.880. The molecule has 0 saturated heterocycles. The fraction of sp³-hybridized carbons (Fsp3) is 0.480. The van der Waals surface area contributed by atoms with E-state index < -0.39 is 16.1 Å². The van der Waals surface area contributed by atoms with Crippen LogP contribution in [0.3, 0.4) is 0 Å². The Hall–Kier alpha value is -2.58. The number of benzene rings is 2. The summed E-state index contributed by atoms with van der Waals surface area (Å²) in [7, 11) is -1.05. The van der Waals surface area contributed by atoms with E-state index in [1.165, 1.54) is 51.7 Å². The number of ether oxygens (including phenoxy) is 2. The molecule has 2 aromatic carbocycles. The molecule has 7 nitrogen and oxygen atoms in total. The lowest BCUT2D eigenvalue weighted by atomic mass is 9.96. The first-order valence-electron chi connectivity index (χ1n) is 11.5. The van der Waals surface area contributed by atoms with Gasteiger partial charge in [0.25, 0.3) is 0 Å². The Kier molecular flexibility index (Phi) is 9.14. The number of hydrogen-bond donors (Lipinski definition) is 2. The zero-order valence-electron chi connectivity index (χ0n) is 19.4. The van der Waals surface area contributed by atoms with Gasteiger partial charge in [-0.3, -0.25) is 4.79 Å². The van der Waals surface area contributed by atoms with Crippen molar-refractivity contribution in [1.82, 2.24) is 10.0 Å². The highest BCUT2D eigenvalue weighted by Gasteiger charge is 2.28. The van der Waals surface area contributed by atoms with Crippen molar-refractivity contribution >= 4 is 15.9 Å². The Morgan fingerprint density at radius 1 is 0.939 bits per heavy atom. The molecule has 1 aliphatic carbocycles. The first-order valence-corrected chi connectivity index (χ1v) is 13.0. The van der Waals surface area contributed by atoms with Gasteiger partial charge in [0.15, 0.2) is 11.5 Å². The highest BCUT2D eigenvalue weighted by Crippen LogP contribution is 2.29. The lowest BCUT2D eigenvalue weighted by Gasteiger charge is -2.25. The second-order valence-corrected chi connectivity index (χ2v) is 10.1. The average molecular weight is 475 g/mol. The molecule has 0 heterocycles. The Bertz CT molecular complexity index is 1000. The summed E-state index contributed by atoms with van der Waals surface area (Å²) in [6, 6.07) is 12.9. The van der Waals surface area contributed by atoms with Crippen molar-refractivity contribution in [3.8, 4) is 11.5 Å². The quantitative estimate of drug-likeness (QED) is 0.576. The van der Waals surface area contributed by atoms with Crippen molar-refractivity contribution in [2.75, 3.05) is 14.2 Å². The Balaban J connectivity index is 1.81. The molecule has 2 N–H and O–H groups in total. The Morgan fingerprint density at radius 3 is 2.21 bits per heavy atom. The molecule has 33 heavy (non-hydrogen) atoms. The van der Waals surface area contributed by atoms with Gasteiger partial charge in [-0.25, -0.2) is 8.42 Å². The van der Waals surface area contributed by atoms with Crippen LogP contribution in [0.4, 0.5) is 0 Å². The van der Waals surface area contributed by atoms with Gasteiger partial charge in [0, 0.05) is 12.1 Å². The number of amides is 1. The van der Waals surface area contributed by atoms with Crippen LogP contribution < -0.4 is 19.5 Å². The maximum Gasteiger partial charge on any atom is 0.241 e. The molecule has 1 amide bonds. The number of nitrogens with one attached hydrogen (secondary N) is 2. The van der Waals surface area contributed by atoms with Crippen LogP contribution in [-0.4, -0.2) is 40.6 Å². The van der Waals surface area contributed by atoms with Crippen molar-refractivity contribution in [3.63, 3.8) is 0 Å². The third kappa shape index (κ3) is 7.20. The summed E-state index contributed by atoms with van der Waals surface area (Å²) in [5, 5.41) is 3.11. The molecule has 1 fully saturated rings. The molecule has 0 aromatic heterocycles. The second-order valence-electron chi connectivity index (χ2n) is 8.43. The molecule has 0 spiro atoms. The van der Waals surface area contributed by atoms with E-state index in [0.29, 0.717) is 11.5 Å². The van der Waals surface area contributed by atoms with Gasteiger partial charge in [0.1, 0.15) is 6.04 Å². The molecule has 0 radical (unpaired) electrons. The lowest BCUT2D eigenvalue weighted by molar-refractivity contribution is -0.123. The minimum Gasteiger partial charge on any atom is -0.493 e. The van der Waals surface area contributed by atoms with E-state index in [1.54, 1.807) is 0 Å². The number of carbonyl (C=O) groups excluding carboxylic acids is 1. The topological polar surface area (TPSA) is 93.7 Å². The van der Waals surface area contributed by atoms with Crippen LogP contribution in [0, 0.1) is 0 Å². The molecule has 0 aliphatic heterocycles. The third-order valence-corrected chi connectivity index (χ3v) is 7.48. The van der Waals surface area contributed by atoms with E-state index in [4.69, 9.17) is 9.47 Å². The maximum absolute atomic E-state index is 13.3. The highest BCUT2D eigenvalue weighted by molar-refractivity contribution is 7.89. The van der Waals surface area contributed by atoms with E-state index in [9.17, 15) is 13.2 Å². The predicted octanol–water partition coefficient (Wildman–Crippen LogP) is 3.82. The summed E-state index contributed by atoms with van der Waals surface area (Å²) in [6.45, 7) is 0. The van der Waals surface area contributed by atoms with Gasteiger partial charge >= 0.3 is 0 Å². The molecule has 0 bridgehead atoms. The van der Waals surface area contributed by atoms with Gasteiger partial charge < -0.3 is 14.8 Å². The number of carbonyl (C=O) groups is 1. The van der Waals surface area contributed by atoms with Crippen LogP contribution in [0.25, 0.3) is 0 Å². The van der Waals surface area contributed by atoms with Crippen molar-refractivity contribution < 1.29 is 22.7 Å². The van der Waals surface area contributed by atoms with E-state index in [1.807, 2.05) is 30.3 Å². The Morgan fingerprint density at radius 2 is 1.58 bits per heavy atom. The highest BCUT2D eigenvalue weighted by atomic mass is 32.2. The molecule has 180 valence electrons. The summed E-state index contributed by atoms with van der Waals surface area (Å²) in [6.07, 6.45) is 7.83. The number of rotatable bonds is 9. The normalized spacial score (nSPS) is 16.3. The Labute approximate surface area is 196 Å². The largest absolute Gasteiger partial charge is 0.493 e. The van der Waals surface area contributed by atoms with E-state index >= 15 is 0 Å². The fourth-order valence-electron chi connectivity index (χ4n) is 4.18. The number of sulfonamides is 1. The first kappa shape index (κ1) is 25.1. The van der Waals surface area contributed by atoms with Crippen molar-refractivity contribution in [1.29, 1.82) is 0 Å². The van der Waals surface area contributed by atoms with Crippen LogP contribution in [0.5, 0.6) is 11.5 Å². The standard InChI is InChI=1S/C25H34N2O5S/c1-31-23-16-15-21(18-24(23)32-2)33(29,30)27-22(17-19-11-7-6-8-12-19)25(28)26-20-13-9-4-3-5-10-14-20/h6-8,11-12,15-16,18,20,22,27H,3-5,9-10,13-14,17H2,1-2H3,(H,26,28)/t22-/m0/s1. The smallest absolute Gasteiger partial charge is 0.241 e. The SMILES string of the molecule is COc1ccc(S(=O)(=O)N[C@@H](Cc2ccccc2)C(=O)NC2CCCCCCC2)cc1OC. The predicted molar refractivity (Wildman–Crippen MR) is 128 cm³/mol. The second kappa shape index (κ2) is 12.0. The molecule has 3 rings (SSSR count). The van der Waals surface area contributed by atoms with Crippen LogP contribution in [0.15, 0.2) is 53.4 Å². The monoisotopic (exact) mass is 474 g/mol. The zero-order valence-corrected chi connectivity index (χ0v) is 20.2. The summed E-state index contributed by atoms with van der Waals surface area (Å²) >= 11 is 0. The first-order chi connectivity index (χ1) is 15.9. The van der Waals surface area contributed by atoms with Crippen LogP contribution in [0.1, 0.15) is 50.5 Å². The molecular formula is C25H34N2O5S. The molecule has 1 aliphatic rings. The summed E-state index contributed by atoms with van der Waals surface area (Å²) < 4.78 is 39.5. The van der Waals surface area contributed by atoms with Crippen LogP contribution >= 0.6 is 0 Å². The number of methoxy groups -OCH3 is 2. The van der Waals surface area contributed by atoms with E-state index in [0.717, 1.165) is 31.2 Å². The fourth-order valence-corrected chi connectivity index (χ4v) is 5.39. The maximum atomic E-state index is 13.3. The van der Waals surface area contributed by atoms with Gasteiger partial charge in [-0.05, 0) is 37.0 Å². The van der Waals surface area contributed by atoms with Gasteiger partial charge in [-0.15, -0.1) is 0 Å². The molecule has 8 heteroatoms. The van der Waals surface area contributed by atoms with Crippen LogP contribution in [-0.2, 0) is 21.2 Å². The van der Waals surface area contributed by atoms with Crippen molar-refractivity contribution in [3.05, 3.63) is 54.1 Å². The van der Waals surface area contributed by atoms with Crippen molar-refractivity contribution in [2.45, 2.75) is 68.3 Å². The van der Waals surface area contributed by atoms with Gasteiger partial charge in [0.2, 0.25) is 15.9 Å². The van der Waals surface area contributed by atoms with Gasteiger partial charge in [0.05, 0.1) is 19.1 Å². The minimum atomic E-state index is -3.98. The van der Waals surface area contributed by atoms with Crippen LogP contribution in [0.2, 0.25) is 0 Å². The average Bonchev–Trinajstić information content (AvgIpc) is 2.80. The van der Waals surface area contributed by atoms with E-state index in [2.05, 4.69) is 10.0 Å².